The first-order chi connectivity index (χ1) is 8.66. The van der Waals surface area contributed by atoms with Gasteiger partial charge in [-0.15, -0.1) is 0 Å². The molecule has 0 heterocycles. The van der Waals surface area contributed by atoms with Crippen LogP contribution in [-0.4, -0.2) is 5.84 Å². The van der Waals surface area contributed by atoms with Gasteiger partial charge in [0.25, 0.3) is 0 Å². The minimum atomic E-state index is -0.456. The van der Waals surface area contributed by atoms with Gasteiger partial charge in [-0.1, -0.05) is 58.4 Å². The zero-order valence-electron chi connectivity index (χ0n) is 9.75. The Morgan fingerprint density at radius 3 is 2.44 bits per heavy atom. The summed E-state index contributed by atoms with van der Waals surface area (Å²) >= 11 is 3.41. The fraction of sp³-hybridized carbons (Fsp3) is 0.0714. The molecule has 1 unspecified atom stereocenters. The summed E-state index contributed by atoms with van der Waals surface area (Å²) < 4.78 is 0.976. The largest absolute Gasteiger partial charge is 0.383 e. The van der Waals surface area contributed by atoms with Crippen LogP contribution in [0.1, 0.15) is 17.3 Å². The number of hydrogen-bond donors (Lipinski definition) is 2. The van der Waals surface area contributed by atoms with E-state index in [4.69, 9.17) is 11.5 Å². The van der Waals surface area contributed by atoms with Gasteiger partial charge in [0.05, 0.1) is 0 Å². The summed E-state index contributed by atoms with van der Waals surface area (Å²) in [6.45, 7) is 0. The SMILES string of the molecule is N/C(=N\C(N)c1cccc(Br)c1)c1ccccc1. The van der Waals surface area contributed by atoms with Crippen LogP contribution >= 0.6 is 15.9 Å². The number of rotatable bonds is 3. The molecule has 0 aromatic heterocycles. The second-order valence-corrected chi connectivity index (χ2v) is 4.80. The molecule has 3 nitrogen and oxygen atoms in total. The van der Waals surface area contributed by atoms with Crippen molar-refractivity contribution in [3.8, 4) is 0 Å². The minimum Gasteiger partial charge on any atom is -0.383 e. The Kier molecular flexibility index (Phi) is 4.12. The van der Waals surface area contributed by atoms with Crippen molar-refractivity contribution in [1.29, 1.82) is 0 Å². The molecule has 0 saturated carbocycles. The van der Waals surface area contributed by atoms with E-state index in [0.29, 0.717) is 5.84 Å². The maximum absolute atomic E-state index is 6.01. The number of hydrogen-bond acceptors (Lipinski definition) is 2. The Morgan fingerprint density at radius 1 is 1.06 bits per heavy atom. The van der Waals surface area contributed by atoms with Gasteiger partial charge in [-0.2, -0.15) is 0 Å². The normalized spacial score (nSPS) is 13.3. The van der Waals surface area contributed by atoms with Crippen molar-refractivity contribution in [3.05, 3.63) is 70.2 Å². The summed E-state index contributed by atoms with van der Waals surface area (Å²) in [4.78, 5) is 4.31. The Balaban J connectivity index is 2.23. The van der Waals surface area contributed by atoms with Gasteiger partial charge in [-0.25, -0.2) is 4.99 Å². The first kappa shape index (κ1) is 12.8. The summed E-state index contributed by atoms with van der Waals surface area (Å²) in [5, 5.41) is 0. The number of benzene rings is 2. The van der Waals surface area contributed by atoms with Gasteiger partial charge in [0, 0.05) is 10.0 Å². The van der Waals surface area contributed by atoms with E-state index in [1.54, 1.807) is 0 Å². The van der Waals surface area contributed by atoms with Gasteiger partial charge in [0.2, 0.25) is 0 Å². The summed E-state index contributed by atoms with van der Waals surface area (Å²) in [5.41, 5.74) is 13.7. The van der Waals surface area contributed by atoms with E-state index < -0.39 is 6.17 Å². The molecule has 4 heteroatoms. The molecule has 0 aliphatic rings. The van der Waals surface area contributed by atoms with Crippen LogP contribution in [-0.2, 0) is 0 Å². The molecule has 0 amide bonds. The molecule has 4 N–H and O–H groups in total. The van der Waals surface area contributed by atoms with E-state index in [-0.39, 0.29) is 0 Å². The maximum atomic E-state index is 6.01. The number of halogens is 1. The van der Waals surface area contributed by atoms with Crippen molar-refractivity contribution in [2.45, 2.75) is 6.17 Å². The Morgan fingerprint density at radius 2 is 1.78 bits per heavy atom. The van der Waals surface area contributed by atoms with Crippen LogP contribution in [0.3, 0.4) is 0 Å². The molecule has 18 heavy (non-hydrogen) atoms. The lowest BCUT2D eigenvalue weighted by molar-refractivity contribution is 0.774. The van der Waals surface area contributed by atoms with Crippen LogP contribution in [0.2, 0.25) is 0 Å². The minimum absolute atomic E-state index is 0.447. The fourth-order valence-electron chi connectivity index (χ4n) is 1.60. The van der Waals surface area contributed by atoms with E-state index in [9.17, 15) is 0 Å². The molecule has 0 spiro atoms. The van der Waals surface area contributed by atoms with Crippen LogP contribution < -0.4 is 11.5 Å². The van der Waals surface area contributed by atoms with E-state index in [2.05, 4.69) is 20.9 Å². The standard InChI is InChI=1S/C14H14BrN3/c15-12-8-4-7-11(9-12)14(17)18-13(16)10-5-2-1-3-6-10/h1-9,14H,17H2,(H2,16,18). The van der Waals surface area contributed by atoms with E-state index in [1.807, 2.05) is 54.6 Å². The second kappa shape index (κ2) is 5.80. The highest BCUT2D eigenvalue weighted by Gasteiger charge is 2.06. The van der Waals surface area contributed by atoms with Crippen LogP contribution in [0.5, 0.6) is 0 Å². The Hall–Kier alpha value is -1.65. The third kappa shape index (κ3) is 3.18. The molecule has 2 rings (SSSR count). The Labute approximate surface area is 115 Å². The third-order valence-corrected chi connectivity index (χ3v) is 3.03. The van der Waals surface area contributed by atoms with Crippen molar-refractivity contribution in [3.63, 3.8) is 0 Å². The topological polar surface area (TPSA) is 64.4 Å². The van der Waals surface area contributed by atoms with Crippen LogP contribution in [0, 0.1) is 0 Å². The highest BCUT2D eigenvalue weighted by molar-refractivity contribution is 9.10. The lowest BCUT2D eigenvalue weighted by atomic mass is 10.1. The predicted molar refractivity (Wildman–Crippen MR) is 78.2 cm³/mol. The first-order valence-corrected chi connectivity index (χ1v) is 6.36. The van der Waals surface area contributed by atoms with E-state index in [0.717, 1.165) is 15.6 Å². The van der Waals surface area contributed by atoms with Gasteiger partial charge in [0.1, 0.15) is 12.0 Å². The molecule has 0 bridgehead atoms. The molecule has 2 aromatic rings. The van der Waals surface area contributed by atoms with E-state index >= 15 is 0 Å². The summed E-state index contributed by atoms with van der Waals surface area (Å²) in [5.74, 6) is 0.447. The van der Waals surface area contributed by atoms with Crippen LogP contribution in [0.15, 0.2) is 64.1 Å². The summed E-state index contributed by atoms with van der Waals surface area (Å²) in [7, 11) is 0. The molecule has 1 atom stereocenters. The monoisotopic (exact) mass is 303 g/mol. The average molecular weight is 304 g/mol. The van der Waals surface area contributed by atoms with Crippen molar-refractivity contribution in [2.24, 2.45) is 16.5 Å². The molecular weight excluding hydrogens is 290 g/mol. The number of nitrogens with zero attached hydrogens (tertiary/aromatic N) is 1. The van der Waals surface area contributed by atoms with Gasteiger partial charge in [-0.05, 0) is 17.7 Å². The van der Waals surface area contributed by atoms with Crippen molar-refractivity contribution >= 4 is 21.8 Å². The van der Waals surface area contributed by atoms with E-state index in [1.165, 1.54) is 0 Å². The smallest absolute Gasteiger partial charge is 0.127 e. The van der Waals surface area contributed by atoms with Gasteiger partial charge in [0.15, 0.2) is 0 Å². The lowest BCUT2D eigenvalue weighted by Gasteiger charge is -2.09. The lowest BCUT2D eigenvalue weighted by Crippen LogP contribution is -2.18. The zero-order chi connectivity index (χ0) is 13.0. The number of nitrogens with two attached hydrogens (primary N) is 2. The van der Waals surface area contributed by atoms with Crippen molar-refractivity contribution in [2.75, 3.05) is 0 Å². The maximum Gasteiger partial charge on any atom is 0.127 e. The molecule has 0 aliphatic carbocycles. The molecule has 0 fully saturated rings. The van der Waals surface area contributed by atoms with Crippen LogP contribution in [0.4, 0.5) is 0 Å². The molecule has 0 radical (unpaired) electrons. The highest BCUT2D eigenvalue weighted by atomic mass is 79.9. The molecule has 2 aromatic carbocycles. The predicted octanol–water partition coefficient (Wildman–Crippen LogP) is 2.81. The van der Waals surface area contributed by atoms with Gasteiger partial charge in [-0.3, -0.25) is 0 Å². The molecule has 92 valence electrons. The van der Waals surface area contributed by atoms with Gasteiger partial charge < -0.3 is 11.5 Å². The molecule has 0 aliphatic heterocycles. The first-order valence-electron chi connectivity index (χ1n) is 5.56. The second-order valence-electron chi connectivity index (χ2n) is 3.88. The Bertz CT molecular complexity index is 552. The fourth-order valence-corrected chi connectivity index (χ4v) is 2.02. The van der Waals surface area contributed by atoms with Gasteiger partial charge >= 0.3 is 0 Å². The third-order valence-electron chi connectivity index (χ3n) is 2.54. The van der Waals surface area contributed by atoms with Crippen molar-refractivity contribution in [1.82, 2.24) is 0 Å². The number of aliphatic imine (C=N–C) groups is 1. The highest BCUT2D eigenvalue weighted by Crippen LogP contribution is 2.17. The molecule has 0 saturated heterocycles. The summed E-state index contributed by atoms with van der Waals surface area (Å²) in [6, 6.07) is 17.3. The zero-order valence-corrected chi connectivity index (χ0v) is 11.3. The molecular formula is C14H14BrN3. The van der Waals surface area contributed by atoms with Crippen molar-refractivity contribution < 1.29 is 0 Å². The number of amidine groups is 1. The van der Waals surface area contributed by atoms with Crippen LogP contribution in [0.25, 0.3) is 0 Å². The average Bonchev–Trinajstić information content (AvgIpc) is 2.39. The quantitative estimate of drug-likeness (QED) is 0.676. The summed E-state index contributed by atoms with van der Waals surface area (Å²) in [6.07, 6.45) is -0.456.